The van der Waals surface area contributed by atoms with Crippen molar-refractivity contribution in [3.63, 3.8) is 0 Å². The number of hydrogen-bond acceptors (Lipinski definition) is 7. The van der Waals surface area contributed by atoms with Crippen LogP contribution in [0.1, 0.15) is 36.1 Å². The second kappa shape index (κ2) is 7.40. The molecule has 9 nitrogen and oxygen atoms in total. The molecule has 1 atom stereocenters. The lowest BCUT2D eigenvalue weighted by molar-refractivity contribution is -0.125. The Hall–Kier alpha value is -3.36. The predicted octanol–water partition coefficient (Wildman–Crippen LogP) is 1.87. The number of rotatable bonds is 4. The van der Waals surface area contributed by atoms with Gasteiger partial charge in [0.15, 0.2) is 11.5 Å². The van der Waals surface area contributed by atoms with Crippen molar-refractivity contribution in [1.82, 2.24) is 24.9 Å². The molecule has 0 spiro atoms. The second-order valence-corrected chi connectivity index (χ2v) is 8.38. The predicted molar refractivity (Wildman–Crippen MR) is 112 cm³/mol. The van der Waals surface area contributed by atoms with E-state index >= 15 is 0 Å². The van der Waals surface area contributed by atoms with E-state index in [2.05, 4.69) is 25.3 Å². The summed E-state index contributed by atoms with van der Waals surface area (Å²) in [4.78, 5) is 24.3. The van der Waals surface area contributed by atoms with E-state index in [-0.39, 0.29) is 18.6 Å². The molecule has 2 aromatic heterocycles. The zero-order chi connectivity index (χ0) is 20.8. The maximum absolute atomic E-state index is 13.0. The smallest absolute Gasteiger partial charge is 0.254 e. The highest BCUT2D eigenvalue weighted by Crippen LogP contribution is 2.34. The molecule has 9 heteroatoms. The minimum absolute atomic E-state index is 0.0634. The summed E-state index contributed by atoms with van der Waals surface area (Å²) in [6, 6.07) is 5.78. The number of hydrogen-bond donors (Lipinski definition) is 1. The van der Waals surface area contributed by atoms with Crippen LogP contribution in [0.4, 0.5) is 5.82 Å². The summed E-state index contributed by atoms with van der Waals surface area (Å²) < 4.78 is 12.6. The minimum atomic E-state index is -0.0634. The average molecular weight is 420 g/mol. The van der Waals surface area contributed by atoms with Gasteiger partial charge in [0.25, 0.3) is 5.78 Å². The van der Waals surface area contributed by atoms with Crippen LogP contribution >= 0.6 is 0 Å². The SMILES string of the molecule is O=C(NCc1ccc2c(c1)OCO2)[C@@H]1CCCN(c2c3c(nc4ncnn24)CCC3)C1. The zero-order valence-electron chi connectivity index (χ0n) is 17.2. The maximum atomic E-state index is 13.0. The van der Waals surface area contributed by atoms with Gasteiger partial charge in [-0.2, -0.15) is 14.6 Å². The van der Waals surface area contributed by atoms with Gasteiger partial charge in [-0.1, -0.05) is 6.07 Å². The molecular formula is C22H24N6O3. The molecule has 160 valence electrons. The Balaban J connectivity index is 1.18. The number of aromatic nitrogens is 4. The third kappa shape index (κ3) is 3.24. The van der Waals surface area contributed by atoms with Crippen LogP contribution in [0.15, 0.2) is 24.5 Å². The summed E-state index contributed by atoms with van der Waals surface area (Å²) in [5.74, 6) is 3.23. The number of nitrogens with zero attached hydrogens (tertiary/aromatic N) is 5. The average Bonchev–Trinajstić information content (AvgIpc) is 3.55. The van der Waals surface area contributed by atoms with Crippen molar-refractivity contribution in [2.24, 2.45) is 5.92 Å². The number of benzene rings is 1. The Bertz CT molecular complexity index is 1160. The fraction of sp³-hybridized carbons (Fsp3) is 0.455. The van der Waals surface area contributed by atoms with Crippen LogP contribution in [-0.2, 0) is 24.2 Å². The Morgan fingerprint density at radius 1 is 1.19 bits per heavy atom. The van der Waals surface area contributed by atoms with Gasteiger partial charge in [-0.25, -0.2) is 4.98 Å². The lowest BCUT2D eigenvalue weighted by atomic mass is 9.96. The van der Waals surface area contributed by atoms with Gasteiger partial charge in [0.2, 0.25) is 12.7 Å². The lowest BCUT2D eigenvalue weighted by Crippen LogP contribution is -2.44. The molecule has 1 amide bonds. The van der Waals surface area contributed by atoms with Crippen LogP contribution in [0, 0.1) is 5.92 Å². The number of carbonyl (C=O) groups excluding carboxylic acids is 1. The van der Waals surface area contributed by atoms with Crippen molar-refractivity contribution in [2.75, 3.05) is 24.8 Å². The number of anilines is 1. The highest BCUT2D eigenvalue weighted by atomic mass is 16.7. The van der Waals surface area contributed by atoms with Crippen molar-refractivity contribution in [1.29, 1.82) is 0 Å². The molecular weight excluding hydrogens is 396 g/mol. The lowest BCUT2D eigenvalue weighted by Gasteiger charge is -2.34. The van der Waals surface area contributed by atoms with Crippen molar-refractivity contribution in [3.8, 4) is 11.5 Å². The first-order chi connectivity index (χ1) is 15.3. The third-order valence-electron chi connectivity index (χ3n) is 6.42. The zero-order valence-corrected chi connectivity index (χ0v) is 17.2. The normalized spacial score (nSPS) is 19.6. The molecule has 2 aliphatic heterocycles. The topological polar surface area (TPSA) is 93.9 Å². The van der Waals surface area contributed by atoms with Crippen LogP contribution in [0.25, 0.3) is 5.78 Å². The summed E-state index contributed by atoms with van der Waals surface area (Å²) in [5, 5.41) is 7.53. The summed E-state index contributed by atoms with van der Waals surface area (Å²) in [6.07, 6.45) is 6.51. The summed E-state index contributed by atoms with van der Waals surface area (Å²) >= 11 is 0. The fourth-order valence-corrected chi connectivity index (χ4v) is 4.89. The number of ether oxygens (including phenoxy) is 2. The molecule has 1 N–H and O–H groups in total. The molecule has 1 saturated heterocycles. The highest BCUT2D eigenvalue weighted by Gasteiger charge is 2.31. The Morgan fingerprint density at radius 3 is 3.10 bits per heavy atom. The molecule has 6 rings (SSSR count). The monoisotopic (exact) mass is 420 g/mol. The standard InChI is InChI=1S/C22H24N6O3/c29-20(23-10-14-6-7-18-19(9-14)31-13-30-18)15-3-2-8-27(11-15)21-16-4-1-5-17(16)26-22-24-12-25-28(21)22/h6-7,9,12,15H,1-5,8,10-11,13H2,(H,23,29)/t15-/m1/s1. The van der Waals surface area contributed by atoms with E-state index in [4.69, 9.17) is 9.47 Å². The van der Waals surface area contributed by atoms with Crippen LogP contribution in [0.3, 0.4) is 0 Å². The molecule has 3 aliphatic rings. The van der Waals surface area contributed by atoms with Gasteiger partial charge in [-0.05, 0) is 49.8 Å². The Kier molecular flexibility index (Phi) is 4.40. The fourth-order valence-electron chi connectivity index (χ4n) is 4.89. The van der Waals surface area contributed by atoms with Gasteiger partial charge >= 0.3 is 0 Å². The van der Waals surface area contributed by atoms with Gasteiger partial charge in [0.05, 0.1) is 11.6 Å². The van der Waals surface area contributed by atoms with Gasteiger partial charge < -0.3 is 19.7 Å². The molecule has 0 bridgehead atoms. The number of fused-ring (bicyclic) bond motifs is 3. The highest BCUT2D eigenvalue weighted by molar-refractivity contribution is 5.79. The maximum Gasteiger partial charge on any atom is 0.254 e. The van der Waals surface area contributed by atoms with Crippen LogP contribution in [0.5, 0.6) is 11.5 Å². The number of piperidine rings is 1. The number of carbonyl (C=O) groups is 1. The largest absolute Gasteiger partial charge is 0.454 e. The molecule has 0 unspecified atom stereocenters. The van der Waals surface area contributed by atoms with Crippen molar-refractivity contribution in [2.45, 2.75) is 38.6 Å². The van der Waals surface area contributed by atoms with Crippen molar-refractivity contribution in [3.05, 3.63) is 41.3 Å². The number of amides is 1. The van der Waals surface area contributed by atoms with E-state index in [1.807, 2.05) is 22.7 Å². The van der Waals surface area contributed by atoms with E-state index in [1.165, 1.54) is 5.56 Å². The van der Waals surface area contributed by atoms with E-state index < -0.39 is 0 Å². The molecule has 1 aliphatic carbocycles. The van der Waals surface area contributed by atoms with E-state index in [0.717, 1.165) is 67.2 Å². The Labute approximate surface area is 179 Å². The molecule has 3 aromatic rings. The number of aryl methyl sites for hydroxylation is 1. The first-order valence-electron chi connectivity index (χ1n) is 10.9. The van der Waals surface area contributed by atoms with Crippen LogP contribution in [0.2, 0.25) is 0 Å². The second-order valence-electron chi connectivity index (χ2n) is 8.38. The van der Waals surface area contributed by atoms with Crippen LogP contribution < -0.4 is 19.7 Å². The number of nitrogens with one attached hydrogen (secondary N) is 1. The summed E-state index contributed by atoms with van der Waals surface area (Å²) in [7, 11) is 0. The van der Waals surface area contributed by atoms with Gasteiger partial charge in [-0.3, -0.25) is 4.79 Å². The first kappa shape index (κ1) is 18.4. The Morgan fingerprint density at radius 2 is 2.13 bits per heavy atom. The minimum Gasteiger partial charge on any atom is -0.454 e. The van der Waals surface area contributed by atoms with Crippen molar-refractivity contribution >= 4 is 17.5 Å². The van der Waals surface area contributed by atoms with Gasteiger partial charge in [0, 0.05) is 25.2 Å². The van der Waals surface area contributed by atoms with E-state index in [9.17, 15) is 4.79 Å². The van der Waals surface area contributed by atoms with Gasteiger partial charge in [-0.15, -0.1) is 0 Å². The van der Waals surface area contributed by atoms with Gasteiger partial charge in [0.1, 0.15) is 12.1 Å². The summed E-state index contributed by atoms with van der Waals surface area (Å²) in [5.41, 5.74) is 3.39. The van der Waals surface area contributed by atoms with Crippen molar-refractivity contribution < 1.29 is 14.3 Å². The molecule has 1 aromatic carbocycles. The molecule has 31 heavy (non-hydrogen) atoms. The quantitative estimate of drug-likeness (QED) is 0.689. The van der Waals surface area contributed by atoms with E-state index in [1.54, 1.807) is 6.33 Å². The van der Waals surface area contributed by atoms with E-state index in [0.29, 0.717) is 18.9 Å². The molecule has 0 saturated carbocycles. The molecule has 1 fully saturated rings. The third-order valence-corrected chi connectivity index (χ3v) is 6.42. The summed E-state index contributed by atoms with van der Waals surface area (Å²) in [6.45, 7) is 2.32. The first-order valence-corrected chi connectivity index (χ1v) is 10.9. The molecule has 4 heterocycles. The van der Waals surface area contributed by atoms with Crippen LogP contribution in [-0.4, -0.2) is 45.4 Å². The molecule has 0 radical (unpaired) electrons.